The lowest BCUT2D eigenvalue weighted by atomic mass is 9.93. The molecule has 264 valence electrons. The second-order valence-electron chi connectivity index (χ2n) is 13.5. The lowest BCUT2D eigenvalue weighted by molar-refractivity contribution is -0.115. The summed E-state index contributed by atoms with van der Waals surface area (Å²) in [6, 6.07) is 28.5. The fourth-order valence-corrected chi connectivity index (χ4v) is 6.85. The molecule has 6 rings (SSSR count). The maximum Gasteiger partial charge on any atom is 0.274 e. The van der Waals surface area contributed by atoms with Gasteiger partial charge in [-0.3, -0.25) is 14.4 Å². The van der Waals surface area contributed by atoms with Crippen LogP contribution in [0.2, 0.25) is 0 Å². The van der Waals surface area contributed by atoms with E-state index in [1.165, 1.54) is 0 Å². The van der Waals surface area contributed by atoms with E-state index in [0.717, 1.165) is 53.1 Å². The Morgan fingerprint density at radius 3 is 2.29 bits per heavy atom. The number of benzene rings is 4. The van der Waals surface area contributed by atoms with Crippen molar-refractivity contribution in [1.29, 1.82) is 0 Å². The zero-order chi connectivity index (χ0) is 35.9. The van der Waals surface area contributed by atoms with Gasteiger partial charge in [-0.2, -0.15) is 5.10 Å². The van der Waals surface area contributed by atoms with Gasteiger partial charge in [-0.15, -0.1) is 0 Å². The molecule has 1 unspecified atom stereocenters. The maximum absolute atomic E-state index is 14.6. The van der Waals surface area contributed by atoms with E-state index in [4.69, 9.17) is 5.10 Å². The number of aromatic nitrogens is 2. The van der Waals surface area contributed by atoms with Crippen molar-refractivity contribution in [2.75, 3.05) is 25.0 Å². The van der Waals surface area contributed by atoms with E-state index in [9.17, 15) is 19.5 Å². The van der Waals surface area contributed by atoms with Gasteiger partial charge in [0.1, 0.15) is 0 Å². The Labute approximate surface area is 299 Å². The Morgan fingerprint density at radius 2 is 1.57 bits per heavy atom. The van der Waals surface area contributed by atoms with E-state index >= 15 is 0 Å². The molecule has 2 heterocycles. The minimum absolute atomic E-state index is 0.128. The van der Waals surface area contributed by atoms with Crippen molar-refractivity contribution < 1.29 is 19.5 Å². The predicted molar refractivity (Wildman–Crippen MR) is 201 cm³/mol. The largest absolute Gasteiger partial charge is 0.394 e. The van der Waals surface area contributed by atoms with Gasteiger partial charge in [0.2, 0.25) is 5.91 Å². The van der Waals surface area contributed by atoms with Gasteiger partial charge in [0.15, 0.2) is 5.69 Å². The molecule has 0 aliphatic carbocycles. The minimum atomic E-state index is -0.423. The van der Waals surface area contributed by atoms with Gasteiger partial charge >= 0.3 is 0 Å². The average molecular weight is 686 g/mol. The van der Waals surface area contributed by atoms with Crippen LogP contribution in [0.1, 0.15) is 82.8 Å². The molecule has 1 aromatic heterocycles. The number of amides is 3. The standard InChI is InChI=1S/C42H47N5O4/c1-4-6-20-45(21-7-5-2)42(51)38-22-29(3)47(44-38)39-19-18-35(43-40(49)24-30-16-17-31-12-8-9-13-32(31)23-30)26-37(39)41(50)46-27-34-15-11-10-14-33(34)25-36(46)28-48/h8-19,22-23,26,36,48H,4-7,20-21,24-25,27-28H2,1-3H3,(H,43,49). The van der Waals surface area contributed by atoms with Crippen molar-refractivity contribution in [3.8, 4) is 5.69 Å². The van der Waals surface area contributed by atoms with E-state index in [1.807, 2.05) is 78.6 Å². The molecule has 9 nitrogen and oxygen atoms in total. The highest BCUT2D eigenvalue weighted by Gasteiger charge is 2.32. The van der Waals surface area contributed by atoms with Crippen LogP contribution in [-0.4, -0.2) is 68.1 Å². The van der Waals surface area contributed by atoms with Crippen molar-refractivity contribution in [2.45, 2.75) is 71.9 Å². The normalized spacial score (nSPS) is 14.0. The van der Waals surface area contributed by atoms with Crippen LogP contribution in [0.15, 0.2) is 91.0 Å². The summed E-state index contributed by atoms with van der Waals surface area (Å²) in [5.74, 6) is -0.629. The topological polar surface area (TPSA) is 108 Å². The summed E-state index contributed by atoms with van der Waals surface area (Å²) in [6.07, 6.45) is 4.48. The second kappa shape index (κ2) is 16.2. The highest BCUT2D eigenvalue weighted by Crippen LogP contribution is 2.29. The summed E-state index contributed by atoms with van der Waals surface area (Å²) in [5, 5.41) is 20.4. The molecule has 0 fully saturated rings. The summed E-state index contributed by atoms with van der Waals surface area (Å²) < 4.78 is 1.64. The van der Waals surface area contributed by atoms with Crippen molar-refractivity contribution in [1.82, 2.24) is 19.6 Å². The van der Waals surface area contributed by atoms with E-state index in [-0.39, 0.29) is 30.7 Å². The molecule has 1 atom stereocenters. The number of carbonyl (C=O) groups is 3. The van der Waals surface area contributed by atoms with E-state index in [2.05, 4.69) is 19.2 Å². The first kappa shape index (κ1) is 35.5. The average Bonchev–Trinajstić information content (AvgIpc) is 3.54. The van der Waals surface area contributed by atoms with Crippen LogP contribution in [0.5, 0.6) is 0 Å². The van der Waals surface area contributed by atoms with Crippen LogP contribution in [0.25, 0.3) is 16.5 Å². The molecule has 1 aliphatic heterocycles. The number of fused-ring (bicyclic) bond motifs is 2. The Morgan fingerprint density at radius 1 is 0.863 bits per heavy atom. The monoisotopic (exact) mass is 685 g/mol. The number of aliphatic hydroxyl groups is 1. The first-order valence-electron chi connectivity index (χ1n) is 18.1. The quantitative estimate of drug-likeness (QED) is 0.137. The molecule has 9 heteroatoms. The summed E-state index contributed by atoms with van der Waals surface area (Å²) in [6.45, 7) is 7.56. The van der Waals surface area contributed by atoms with Gasteiger partial charge in [-0.1, -0.05) is 93.4 Å². The number of nitrogens with one attached hydrogen (secondary N) is 1. The van der Waals surface area contributed by atoms with E-state index in [1.54, 1.807) is 33.8 Å². The third kappa shape index (κ3) is 8.05. The minimum Gasteiger partial charge on any atom is -0.394 e. The molecule has 51 heavy (non-hydrogen) atoms. The van der Waals surface area contributed by atoms with Crippen LogP contribution in [0.4, 0.5) is 5.69 Å². The van der Waals surface area contributed by atoms with Gasteiger partial charge in [-0.25, -0.2) is 4.68 Å². The molecule has 0 saturated heterocycles. The SMILES string of the molecule is CCCCN(CCCC)C(=O)c1cc(C)n(-c2ccc(NC(=O)Cc3ccc4ccccc4c3)cc2C(=O)N2Cc3ccccc3CC2CO)n1. The number of hydrogen-bond acceptors (Lipinski definition) is 5. The van der Waals surface area contributed by atoms with Crippen LogP contribution in [0.3, 0.4) is 0 Å². The molecule has 1 aliphatic rings. The number of unbranched alkanes of at least 4 members (excludes halogenated alkanes) is 2. The van der Waals surface area contributed by atoms with Crippen molar-refractivity contribution >= 4 is 34.2 Å². The van der Waals surface area contributed by atoms with Crippen LogP contribution in [0, 0.1) is 6.92 Å². The van der Waals surface area contributed by atoms with Gasteiger partial charge < -0.3 is 20.2 Å². The van der Waals surface area contributed by atoms with Crippen molar-refractivity contribution in [3.63, 3.8) is 0 Å². The molecular formula is C42H47N5O4. The van der Waals surface area contributed by atoms with Crippen LogP contribution < -0.4 is 5.32 Å². The Balaban J connectivity index is 1.34. The van der Waals surface area contributed by atoms with Gasteiger partial charge in [0.25, 0.3) is 11.8 Å². The third-order valence-electron chi connectivity index (χ3n) is 9.70. The zero-order valence-electron chi connectivity index (χ0n) is 29.8. The molecule has 5 aromatic rings. The number of carbonyl (C=O) groups excluding carboxylic acids is 3. The zero-order valence-corrected chi connectivity index (χ0v) is 29.8. The Hall–Kier alpha value is -5.28. The molecule has 0 saturated carbocycles. The number of hydrogen-bond donors (Lipinski definition) is 2. The number of aliphatic hydroxyl groups excluding tert-OH is 1. The molecular weight excluding hydrogens is 638 g/mol. The predicted octanol–water partition coefficient (Wildman–Crippen LogP) is 7.12. The molecule has 0 bridgehead atoms. The van der Waals surface area contributed by atoms with Crippen LogP contribution >= 0.6 is 0 Å². The highest BCUT2D eigenvalue weighted by atomic mass is 16.3. The lowest BCUT2D eigenvalue weighted by Gasteiger charge is -2.36. The number of anilines is 1. The lowest BCUT2D eigenvalue weighted by Crippen LogP contribution is -2.46. The highest BCUT2D eigenvalue weighted by molar-refractivity contribution is 6.01. The van der Waals surface area contributed by atoms with Gasteiger partial charge in [0.05, 0.1) is 30.3 Å². The summed E-state index contributed by atoms with van der Waals surface area (Å²) >= 11 is 0. The third-order valence-corrected chi connectivity index (χ3v) is 9.70. The first-order valence-corrected chi connectivity index (χ1v) is 18.1. The number of aryl methyl sites for hydroxylation is 1. The molecule has 4 aromatic carbocycles. The van der Waals surface area contributed by atoms with Crippen molar-refractivity contribution in [3.05, 3.63) is 125 Å². The number of nitrogens with zero attached hydrogens (tertiary/aromatic N) is 4. The van der Waals surface area contributed by atoms with Crippen molar-refractivity contribution in [2.24, 2.45) is 0 Å². The Bertz CT molecular complexity index is 2030. The second-order valence-corrected chi connectivity index (χ2v) is 13.5. The smallest absolute Gasteiger partial charge is 0.274 e. The van der Waals surface area contributed by atoms with Gasteiger partial charge in [-0.05, 0) is 77.9 Å². The molecule has 2 N–H and O–H groups in total. The van der Waals surface area contributed by atoms with Crippen LogP contribution in [-0.2, 0) is 24.2 Å². The summed E-state index contributed by atoms with van der Waals surface area (Å²) in [7, 11) is 0. The molecule has 3 amide bonds. The fraction of sp³-hybridized carbons (Fsp3) is 0.333. The summed E-state index contributed by atoms with van der Waals surface area (Å²) in [4.78, 5) is 45.2. The van der Waals surface area contributed by atoms with Gasteiger partial charge in [0, 0.05) is 31.0 Å². The first-order chi connectivity index (χ1) is 24.8. The number of rotatable bonds is 13. The molecule has 0 spiro atoms. The maximum atomic E-state index is 14.6. The van der Waals surface area contributed by atoms with E-state index in [0.29, 0.717) is 54.4 Å². The fourth-order valence-electron chi connectivity index (χ4n) is 6.85. The Kier molecular flexibility index (Phi) is 11.3. The molecule has 0 radical (unpaired) electrons. The summed E-state index contributed by atoms with van der Waals surface area (Å²) in [5.41, 5.74) is 5.32. The van der Waals surface area contributed by atoms with E-state index < -0.39 is 6.04 Å².